The van der Waals surface area contributed by atoms with Gasteiger partial charge in [0, 0.05) is 43.4 Å². The Morgan fingerprint density at radius 2 is 2.00 bits per heavy atom. The Kier molecular flexibility index (Phi) is 6.35. The average molecular weight is 383 g/mol. The maximum atomic E-state index is 12.6. The summed E-state index contributed by atoms with van der Waals surface area (Å²) in [7, 11) is -3.59. The van der Waals surface area contributed by atoms with E-state index in [9.17, 15) is 18.0 Å². The van der Waals surface area contributed by atoms with Crippen LogP contribution in [0.3, 0.4) is 0 Å². The molecule has 1 saturated heterocycles. The zero-order chi connectivity index (χ0) is 19.4. The van der Waals surface area contributed by atoms with Crippen LogP contribution in [0.2, 0.25) is 0 Å². The SMILES string of the molecule is CC(C)(CCC(=O)O)NC(=O)C1CCN(S(=O)(=O)c2cccnc2)CC1. The topological polar surface area (TPSA) is 117 Å². The van der Waals surface area contributed by atoms with E-state index >= 15 is 0 Å². The molecule has 1 aromatic heterocycles. The lowest BCUT2D eigenvalue weighted by Gasteiger charge is -2.33. The fourth-order valence-corrected chi connectivity index (χ4v) is 4.36. The Morgan fingerprint density at radius 3 is 2.54 bits per heavy atom. The van der Waals surface area contributed by atoms with Gasteiger partial charge in [0.25, 0.3) is 0 Å². The quantitative estimate of drug-likeness (QED) is 0.732. The molecule has 144 valence electrons. The number of carboxylic acids is 1. The van der Waals surface area contributed by atoms with Gasteiger partial charge in [-0.15, -0.1) is 0 Å². The summed E-state index contributed by atoms with van der Waals surface area (Å²) < 4.78 is 26.5. The molecule has 1 aromatic rings. The zero-order valence-corrected chi connectivity index (χ0v) is 15.8. The van der Waals surface area contributed by atoms with Crippen LogP contribution in [-0.4, -0.2) is 53.3 Å². The molecule has 2 heterocycles. The number of hydrogen-bond donors (Lipinski definition) is 2. The summed E-state index contributed by atoms with van der Waals surface area (Å²) in [5.74, 6) is -1.33. The molecule has 0 aromatic carbocycles. The maximum Gasteiger partial charge on any atom is 0.303 e. The summed E-state index contributed by atoms with van der Waals surface area (Å²) in [6.07, 6.45) is 4.01. The highest BCUT2D eigenvalue weighted by Crippen LogP contribution is 2.24. The summed E-state index contributed by atoms with van der Waals surface area (Å²) in [6.45, 7) is 4.11. The van der Waals surface area contributed by atoms with Crippen molar-refractivity contribution in [2.75, 3.05) is 13.1 Å². The van der Waals surface area contributed by atoms with Crippen LogP contribution < -0.4 is 5.32 Å². The van der Waals surface area contributed by atoms with E-state index in [-0.39, 0.29) is 36.2 Å². The van der Waals surface area contributed by atoms with Crippen molar-refractivity contribution in [3.63, 3.8) is 0 Å². The molecule has 0 unspecified atom stereocenters. The summed E-state index contributed by atoms with van der Waals surface area (Å²) in [5.41, 5.74) is -0.617. The number of pyridine rings is 1. The third-order valence-electron chi connectivity index (χ3n) is 4.52. The molecule has 1 aliphatic heterocycles. The molecule has 0 saturated carbocycles. The number of rotatable bonds is 7. The highest BCUT2D eigenvalue weighted by molar-refractivity contribution is 7.89. The van der Waals surface area contributed by atoms with Crippen LogP contribution in [0.4, 0.5) is 0 Å². The molecular formula is C17H25N3O5S. The minimum absolute atomic E-state index is 0.0188. The van der Waals surface area contributed by atoms with E-state index in [0.29, 0.717) is 19.3 Å². The third-order valence-corrected chi connectivity index (χ3v) is 6.40. The van der Waals surface area contributed by atoms with Crippen molar-refractivity contribution in [2.24, 2.45) is 5.92 Å². The van der Waals surface area contributed by atoms with E-state index in [1.54, 1.807) is 19.9 Å². The molecule has 0 aliphatic carbocycles. The highest BCUT2D eigenvalue weighted by atomic mass is 32.2. The fourth-order valence-electron chi connectivity index (χ4n) is 2.92. The molecule has 1 aliphatic rings. The number of carbonyl (C=O) groups is 2. The molecule has 0 bridgehead atoms. The number of carbonyl (C=O) groups excluding carboxylic acids is 1. The van der Waals surface area contributed by atoms with Crippen LogP contribution in [0.25, 0.3) is 0 Å². The van der Waals surface area contributed by atoms with Gasteiger partial charge in [-0.1, -0.05) is 0 Å². The first-order valence-electron chi connectivity index (χ1n) is 8.56. The lowest BCUT2D eigenvalue weighted by atomic mass is 9.93. The van der Waals surface area contributed by atoms with Crippen LogP contribution >= 0.6 is 0 Å². The van der Waals surface area contributed by atoms with Gasteiger partial charge in [-0.3, -0.25) is 14.6 Å². The number of amides is 1. The molecule has 2 rings (SSSR count). The van der Waals surface area contributed by atoms with Crippen molar-refractivity contribution in [3.05, 3.63) is 24.5 Å². The van der Waals surface area contributed by atoms with Gasteiger partial charge in [-0.05, 0) is 45.2 Å². The van der Waals surface area contributed by atoms with Gasteiger partial charge in [-0.25, -0.2) is 8.42 Å². The van der Waals surface area contributed by atoms with Gasteiger partial charge in [0.2, 0.25) is 15.9 Å². The Balaban J connectivity index is 1.91. The maximum absolute atomic E-state index is 12.6. The minimum atomic E-state index is -3.59. The number of nitrogens with one attached hydrogen (secondary N) is 1. The molecule has 26 heavy (non-hydrogen) atoms. The largest absolute Gasteiger partial charge is 0.481 e. The van der Waals surface area contributed by atoms with Crippen LogP contribution in [0.15, 0.2) is 29.4 Å². The summed E-state index contributed by atoms with van der Waals surface area (Å²) in [5, 5.41) is 11.7. The highest BCUT2D eigenvalue weighted by Gasteiger charge is 2.33. The number of hydrogen-bond acceptors (Lipinski definition) is 5. The minimum Gasteiger partial charge on any atom is -0.481 e. The predicted octanol–water partition coefficient (Wildman–Crippen LogP) is 1.24. The molecular weight excluding hydrogens is 358 g/mol. The summed E-state index contributed by atoms with van der Waals surface area (Å²) >= 11 is 0. The van der Waals surface area contributed by atoms with Gasteiger partial charge in [-0.2, -0.15) is 4.31 Å². The third kappa shape index (κ3) is 5.25. The molecule has 1 amide bonds. The Bertz CT molecular complexity index is 741. The van der Waals surface area contributed by atoms with Gasteiger partial charge in [0.1, 0.15) is 4.90 Å². The average Bonchev–Trinajstić information content (AvgIpc) is 2.60. The van der Waals surface area contributed by atoms with E-state index in [2.05, 4.69) is 10.3 Å². The monoisotopic (exact) mass is 383 g/mol. The number of aromatic nitrogens is 1. The molecule has 0 atom stereocenters. The lowest BCUT2D eigenvalue weighted by molar-refractivity contribution is -0.138. The molecule has 8 nitrogen and oxygen atoms in total. The summed E-state index contributed by atoms with van der Waals surface area (Å²) in [6, 6.07) is 3.08. The first-order chi connectivity index (χ1) is 12.1. The molecule has 0 spiro atoms. The van der Waals surface area contributed by atoms with Crippen LogP contribution in [0.1, 0.15) is 39.5 Å². The molecule has 1 fully saturated rings. The molecule has 9 heteroatoms. The second kappa shape index (κ2) is 8.13. The fraction of sp³-hybridized carbons (Fsp3) is 0.588. The van der Waals surface area contributed by atoms with Gasteiger partial charge in [0.05, 0.1) is 0 Å². The number of piperidine rings is 1. The Hall–Kier alpha value is -2.00. The molecule has 2 N–H and O–H groups in total. The predicted molar refractivity (Wildman–Crippen MR) is 94.8 cm³/mol. The van der Waals surface area contributed by atoms with E-state index < -0.39 is 21.5 Å². The van der Waals surface area contributed by atoms with Gasteiger partial charge < -0.3 is 10.4 Å². The second-order valence-corrected chi connectivity index (χ2v) is 9.07. The lowest BCUT2D eigenvalue weighted by Crippen LogP contribution is -2.49. The Morgan fingerprint density at radius 1 is 1.35 bits per heavy atom. The van der Waals surface area contributed by atoms with Crippen molar-refractivity contribution in [1.29, 1.82) is 0 Å². The number of sulfonamides is 1. The van der Waals surface area contributed by atoms with Crippen LogP contribution in [0, 0.1) is 5.92 Å². The van der Waals surface area contributed by atoms with Crippen molar-refractivity contribution in [1.82, 2.24) is 14.6 Å². The van der Waals surface area contributed by atoms with Crippen molar-refractivity contribution >= 4 is 21.9 Å². The normalized spacial score (nSPS) is 17.0. The van der Waals surface area contributed by atoms with E-state index in [1.165, 1.54) is 22.8 Å². The van der Waals surface area contributed by atoms with Gasteiger partial charge >= 0.3 is 5.97 Å². The standard InChI is InChI=1S/C17H25N3O5S/c1-17(2,8-5-15(21)22)19-16(23)13-6-10-20(11-7-13)26(24,25)14-4-3-9-18-12-14/h3-4,9,12-13H,5-8,10-11H2,1-2H3,(H,19,23)(H,21,22). The first kappa shape index (κ1) is 20.3. The Labute approximate surface area is 153 Å². The number of carboxylic acid groups (broad SMARTS) is 1. The van der Waals surface area contributed by atoms with Crippen molar-refractivity contribution in [3.8, 4) is 0 Å². The number of aliphatic carboxylic acids is 1. The number of nitrogens with zero attached hydrogens (tertiary/aromatic N) is 2. The smallest absolute Gasteiger partial charge is 0.303 e. The zero-order valence-electron chi connectivity index (χ0n) is 15.0. The van der Waals surface area contributed by atoms with E-state index in [4.69, 9.17) is 5.11 Å². The van der Waals surface area contributed by atoms with Gasteiger partial charge in [0.15, 0.2) is 0 Å². The second-order valence-electron chi connectivity index (χ2n) is 7.13. The van der Waals surface area contributed by atoms with Crippen LogP contribution in [-0.2, 0) is 19.6 Å². The molecule has 0 radical (unpaired) electrons. The first-order valence-corrected chi connectivity index (χ1v) is 10.00. The van der Waals surface area contributed by atoms with E-state index in [0.717, 1.165) is 0 Å². The van der Waals surface area contributed by atoms with Crippen molar-refractivity contribution < 1.29 is 23.1 Å². The van der Waals surface area contributed by atoms with E-state index in [1.807, 2.05) is 0 Å². The van der Waals surface area contributed by atoms with Crippen molar-refractivity contribution in [2.45, 2.75) is 50.0 Å². The van der Waals surface area contributed by atoms with Crippen LogP contribution in [0.5, 0.6) is 0 Å². The summed E-state index contributed by atoms with van der Waals surface area (Å²) in [4.78, 5) is 27.1.